The van der Waals surface area contributed by atoms with Crippen molar-refractivity contribution < 1.29 is 14.3 Å². The van der Waals surface area contributed by atoms with Crippen LogP contribution in [0.4, 0.5) is 0 Å². The number of rotatable bonds is 7. The highest BCUT2D eigenvalue weighted by Crippen LogP contribution is 2.24. The Morgan fingerprint density at radius 3 is 1.83 bits per heavy atom. The molecule has 0 aromatic heterocycles. The molecule has 3 heteroatoms. The summed E-state index contributed by atoms with van der Waals surface area (Å²) in [5.41, 5.74) is 4.77. The molecule has 2 aromatic carbocycles. The van der Waals surface area contributed by atoms with Gasteiger partial charge < -0.3 is 0 Å². The van der Waals surface area contributed by atoms with E-state index in [-0.39, 0.29) is 10.6 Å². The van der Waals surface area contributed by atoms with Gasteiger partial charge in [0.25, 0.3) is 0 Å². The van der Waals surface area contributed by atoms with E-state index in [1.165, 1.54) is 28.3 Å². The maximum atomic E-state index is 12.0. The van der Waals surface area contributed by atoms with E-state index in [1.807, 2.05) is 31.2 Å². The minimum Gasteiger partial charge on any atom is -0.271 e. The van der Waals surface area contributed by atoms with Gasteiger partial charge in [-0.3, -0.25) is 4.84 Å². The number of aryl methyl sites for hydroxylation is 2. The van der Waals surface area contributed by atoms with Crippen LogP contribution in [0.25, 0.3) is 0 Å². The predicted octanol–water partition coefficient (Wildman–Crippen LogP) is 4.48. The maximum absolute atomic E-state index is 12.0. The Bertz CT molecular complexity index is 674. The zero-order valence-corrected chi connectivity index (χ0v) is 14.8. The van der Waals surface area contributed by atoms with E-state index >= 15 is 0 Å². The van der Waals surface area contributed by atoms with Gasteiger partial charge >= 0.3 is 5.97 Å². The van der Waals surface area contributed by atoms with Gasteiger partial charge in [0.1, 0.15) is 19.6 Å². The standard InChI is InChI=1S/C21H26NO2/c1-5-21(23)24-22(6-2,15-19-13-9-7-11-17(19)3)16-20-14-10-8-12-18(20)4/h5,7-14H,1,6,15-16H2,2-4H3/q+1. The van der Waals surface area contributed by atoms with Gasteiger partial charge in [-0.15, -0.1) is 4.65 Å². The molecule has 0 radical (unpaired) electrons. The van der Waals surface area contributed by atoms with Crippen LogP contribution in [0.2, 0.25) is 0 Å². The van der Waals surface area contributed by atoms with Crippen LogP contribution in [-0.2, 0) is 22.7 Å². The van der Waals surface area contributed by atoms with E-state index in [0.717, 1.165) is 0 Å². The van der Waals surface area contributed by atoms with Crippen LogP contribution < -0.4 is 0 Å². The molecule has 0 bridgehead atoms. The highest BCUT2D eigenvalue weighted by atomic mass is 16.7. The monoisotopic (exact) mass is 324 g/mol. The summed E-state index contributed by atoms with van der Waals surface area (Å²) >= 11 is 0. The lowest BCUT2D eigenvalue weighted by molar-refractivity contribution is -1.11. The van der Waals surface area contributed by atoms with Crippen molar-refractivity contribution in [1.29, 1.82) is 0 Å². The molecule has 0 aliphatic heterocycles. The third-order valence-electron chi connectivity index (χ3n) is 4.47. The van der Waals surface area contributed by atoms with E-state index in [2.05, 4.69) is 44.7 Å². The molecular weight excluding hydrogens is 298 g/mol. The normalized spacial score (nSPS) is 11.1. The van der Waals surface area contributed by atoms with Gasteiger partial charge in [-0.1, -0.05) is 55.1 Å². The van der Waals surface area contributed by atoms with Crippen LogP contribution in [0.15, 0.2) is 61.2 Å². The molecule has 0 N–H and O–H groups in total. The van der Waals surface area contributed by atoms with Gasteiger partial charge in [0.15, 0.2) is 0 Å². The summed E-state index contributed by atoms with van der Waals surface area (Å²) in [5, 5.41) is 0. The number of hydroxylamine groups is 3. The molecule has 3 nitrogen and oxygen atoms in total. The topological polar surface area (TPSA) is 26.3 Å². The quantitative estimate of drug-likeness (QED) is 0.426. The lowest BCUT2D eigenvalue weighted by Crippen LogP contribution is -2.47. The molecule has 0 spiro atoms. The van der Waals surface area contributed by atoms with Crippen molar-refractivity contribution in [3.63, 3.8) is 0 Å². The second kappa shape index (κ2) is 7.93. The van der Waals surface area contributed by atoms with E-state index in [4.69, 9.17) is 4.84 Å². The van der Waals surface area contributed by atoms with Crippen LogP contribution >= 0.6 is 0 Å². The summed E-state index contributed by atoms with van der Waals surface area (Å²) < 4.78 is 0.223. The Kier molecular flexibility index (Phi) is 5.93. The summed E-state index contributed by atoms with van der Waals surface area (Å²) in [7, 11) is 0. The summed E-state index contributed by atoms with van der Waals surface area (Å²) in [6.07, 6.45) is 1.23. The number of carbonyl (C=O) groups excluding carboxylic acids is 1. The molecule has 0 aliphatic rings. The molecule has 2 rings (SSSR count). The van der Waals surface area contributed by atoms with Crippen LogP contribution in [0.1, 0.15) is 29.2 Å². The van der Waals surface area contributed by atoms with Crippen molar-refractivity contribution in [3.8, 4) is 0 Å². The second-order valence-corrected chi connectivity index (χ2v) is 6.16. The SMILES string of the molecule is C=CC(=O)O[N+](CC)(Cc1ccccc1C)Cc1ccccc1C. The molecule has 0 atom stereocenters. The zero-order chi connectivity index (χ0) is 17.6. The average Bonchev–Trinajstić information content (AvgIpc) is 2.58. The Morgan fingerprint density at radius 2 is 1.46 bits per heavy atom. The molecular formula is C21H26NO2+. The molecule has 0 heterocycles. The first-order chi connectivity index (χ1) is 11.5. The Labute approximate surface area is 144 Å². The molecule has 24 heavy (non-hydrogen) atoms. The van der Waals surface area contributed by atoms with Crippen LogP contribution in [-0.4, -0.2) is 17.2 Å². The number of quaternary nitrogens is 1. The number of nitrogens with zero attached hydrogens (tertiary/aromatic N) is 1. The number of benzene rings is 2. The Morgan fingerprint density at radius 1 is 1.00 bits per heavy atom. The van der Waals surface area contributed by atoms with Gasteiger partial charge in [0.05, 0.1) is 0 Å². The first-order valence-corrected chi connectivity index (χ1v) is 8.31. The van der Waals surface area contributed by atoms with Crippen molar-refractivity contribution in [2.24, 2.45) is 0 Å². The lowest BCUT2D eigenvalue weighted by Gasteiger charge is -2.34. The zero-order valence-electron chi connectivity index (χ0n) is 14.8. The molecule has 0 fully saturated rings. The molecule has 0 saturated carbocycles. The fourth-order valence-electron chi connectivity index (χ4n) is 2.83. The van der Waals surface area contributed by atoms with Gasteiger partial charge in [-0.2, -0.15) is 0 Å². The largest absolute Gasteiger partial charge is 0.389 e. The minimum atomic E-state index is -0.390. The highest BCUT2D eigenvalue weighted by molar-refractivity contribution is 5.80. The van der Waals surface area contributed by atoms with Crippen LogP contribution in [0, 0.1) is 13.8 Å². The molecule has 126 valence electrons. The molecule has 0 unspecified atom stereocenters. The Hall–Kier alpha value is -2.39. The van der Waals surface area contributed by atoms with Crippen LogP contribution in [0.5, 0.6) is 0 Å². The van der Waals surface area contributed by atoms with Crippen molar-refractivity contribution >= 4 is 5.97 Å². The van der Waals surface area contributed by atoms with E-state index in [0.29, 0.717) is 19.6 Å². The Balaban J connectivity index is 2.39. The number of carbonyl (C=O) groups is 1. The molecule has 2 aromatic rings. The van der Waals surface area contributed by atoms with Crippen molar-refractivity contribution in [3.05, 3.63) is 83.4 Å². The van der Waals surface area contributed by atoms with Gasteiger partial charge in [-0.25, -0.2) is 4.79 Å². The van der Waals surface area contributed by atoms with Crippen molar-refractivity contribution in [2.75, 3.05) is 6.54 Å². The van der Waals surface area contributed by atoms with Gasteiger partial charge in [-0.05, 0) is 31.9 Å². The van der Waals surface area contributed by atoms with Crippen molar-refractivity contribution in [1.82, 2.24) is 0 Å². The van der Waals surface area contributed by atoms with E-state index in [9.17, 15) is 4.79 Å². The first-order valence-electron chi connectivity index (χ1n) is 8.31. The predicted molar refractivity (Wildman–Crippen MR) is 96.9 cm³/mol. The smallest absolute Gasteiger partial charge is 0.271 e. The molecule has 0 saturated heterocycles. The first kappa shape index (κ1) is 18.0. The average molecular weight is 324 g/mol. The fourth-order valence-corrected chi connectivity index (χ4v) is 2.83. The second-order valence-electron chi connectivity index (χ2n) is 6.16. The summed E-state index contributed by atoms with van der Waals surface area (Å²) in [5.74, 6) is -0.390. The number of hydrogen-bond donors (Lipinski definition) is 0. The van der Waals surface area contributed by atoms with Gasteiger partial charge in [0, 0.05) is 17.2 Å². The summed E-state index contributed by atoms with van der Waals surface area (Å²) in [6.45, 7) is 11.7. The summed E-state index contributed by atoms with van der Waals surface area (Å²) in [4.78, 5) is 17.8. The summed E-state index contributed by atoms with van der Waals surface area (Å²) in [6, 6.07) is 16.5. The molecule has 0 amide bonds. The third kappa shape index (κ3) is 4.33. The third-order valence-corrected chi connectivity index (χ3v) is 4.47. The van der Waals surface area contributed by atoms with E-state index in [1.54, 1.807) is 0 Å². The van der Waals surface area contributed by atoms with Crippen LogP contribution in [0.3, 0.4) is 0 Å². The minimum absolute atomic E-state index is 0.223. The fraction of sp³-hybridized carbons (Fsp3) is 0.286. The highest BCUT2D eigenvalue weighted by Gasteiger charge is 2.32. The molecule has 0 aliphatic carbocycles. The van der Waals surface area contributed by atoms with Crippen molar-refractivity contribution in [2.45, 2.75) is 33.9 Å². The maximum Gasteiger partial charge on any atom is 0.389 e. The lowest BCUT2D eigenvalue weighted by atomic mass is 10.1. The number of hydrogen-bond acceptors (Lipinski definition) is 2. The van der Waals surface area contributed by atoms with E-state index < -0.39 is 0 Å². The van der Waals surface area contributed by atoms with Gasteiger partial charge in [0.2, 0.25) is 0 Å².